The lowest BCUT2D eigenvalue weighted by Gasteiger charge is -2.08. The van der Waals surface area contributed by atoms with Crippen LogP contribution in [0.5, 0.6) is 0 Å². The van der Waals surface area contributed by atoms with E-state index >= 15 is 0 Å². The van der Waals surface area contributed by atoms with Gasteiger partial charge in [-0.1, -0.05) is 19.1 Å². The summed E-state index contributed by atoms with van der Waals surface area (Å²) in [6.07, 6.45) is 1.40. The Bertz CT molecular complexity index is 623. The van der Waals surface area contributed by atoms with Gasteiger partial charge in [-0.2, -0.15) is 13.5 Å². The van der Waals surface area contributed by atoms with Crippen LogP contribution in [0.2, 0.25) is 0 Å². The molecule has 0 radical (unpaired) electrons. The SMILES string of the molecule is CCNCc1cccc(NS(=O)(=O)c2ccn[nH]2)c1. The fraction of sp³-hybridized carbons (Fsp3) is 0.250. The van der Waals surface area contributed by atoms with E-state index < -0.39 is 10.0 Å². The van der Waals surface area contributed by atoms with Crippen LogP contribution in [0, 0.1) is 0 Å². The van der Waals surface area contributed by atoms with Gasteiger partial charge in [0.15, 0.2) is 5.03 Å². The van der Waals surface area contributed by atoms with Crippen LogP contribution in [0.25, 0.3) is 0 Å². The van der Waals surface area contributed by atoms with Gasteiger partial charge in [0.1, 0.15) is 0 Å². The van der Waals surface area contributed by atoms with Gasteiger partial charge in [-0.15, -0.1) is 0 Å². The van der Waals surface area contributed by atoms with Crippen molar-refractivity contribution in [2.75, 3.05) is 11.3 Å². The van der Waals surface area contributed by atoms with E-state index in [0.717, 1.165) is 12.1 Å². The van der Waals surface area contributed by atoms with Crippen molar-refractivity contribution in [1.29, 1.82) is 0 Å². The third-order valence-electron chi connectivity index (χ3n) is 2.52. The molecule has 0 saturated carbocycles. The molecule has 0 amide bonds. The Morgan fingerprint density at radius 3 is 2.84 bits per heavy atom. The Morgan fingerprint density at radius 1 is 1.32 bits per heavy atom. The van der Waals surface area contributed by atoms with Crippen LogP contribution in [0.15, 0.2) is 41.6 Å². The Balaban J connectivity index is 2.15. The van der Waals surface area contributed by atoms with Gasteiger partial charge >= 0.3 is 0 Å². The number of nitrogens with zero attached hydrogens (tertiary/aromatic N) is 1. The van der Waals surface area contributed by atoms with Gasteiger partial charge < -0.3 is 5.32 Å². The molecule has 1 aromatic carbocycles. The zero-order valence-corrected chi connectivity index (χ0v) is 11.4. The number of hydrogen-bond acceptors (Lipinski definition) is 4. The fourth-order valence-electron chi connectivity index (χ4n) is 1.62. The molecule has 0 aliphatic rings. The topological polar surface area (TPSA) is 86.9 Å². The number of aromatic amines is 1. The number of rotatable bonds is 6. The van der Waals surface area contributed by atoms with E-state index in [4.69, 9.17) is 0 Å². The van der Waals surface area contributed by atoms with Crippen LogP contribution in [0.1, 0.15) is 12.5 Å². The second-order valence-electron chi connectivity index (χ2n) is 4.01. The molecule has 0 aliphatic heterocycles. The number of sulfonamides is 1. The van der Waals surface area contributed by atoms with E-state index in [9.17, 15) is 8.42 Å². The van der Waals surface area contributed by atoms with Crippen LogP contribution in [0.3, 0.4) is 0 Å². The molecule has 2 rings (SSSR count). The maximum absolute atomic E-state index is 12.0. The van der Waals surface area contributed by atoms with Crippen LogP contribution < -0.4 is 10.0 Å². The number of nitrogens with one attached hydrogen (secondary N) is 3. The van der Waals surface area contributed by atoms with Crippen LogP contribution in [0.4, 0.5) is 5.69 Å². The minimum absolute atomic E-state index is 0.0459. The summed E-state index contributed by atoms with van der Waals surface area (Å²) < 4.78 is 26.5. The van der Waals surface area contributed by atoms with Gasteiger partial charge in [0, 0.05) is 12.2 Å². The van der Waals surface area contributed by atoms with Crippen molar-refractivity contribution in [3.05, 3.63) is 42.1 Å². The summed E-state index contributed by atoms with van der Waals surface area (Å²) in [6.45, 7) is 3.59. The molecule has 19 heavy (non-hydrogen) atoms. The number of hydrogen-bond donors (Lipinski definition) is 3. The second kappa shape index (κ2) is 5.85. The van der Waals surface area contributed by atoms with Gasteiger partial charge in [-0.3, -0.25) is 9.82 Å². The number of benzene rings is 1. The van der Waals surface area contributed by atoms with E-state index in [0.29, 0.717) is 12.2 Å². The summed E-state index contributed by atoms with van der Waals surface area (Å²) in [5.74, 6) is 0. The van der Waals surface area contributed by atoms with Gasteiger partial charge in [-0.25, -0.2) is 0 Å². The van der Waals surface area contributed by atoms with Crippen molar-refractivity contribution >= 4 is 15.7 Å². The molecule has 0 bridgehead atoms. The van der Waals surface area contributed by atoms with E-state index in [-0.39, 0.29) is 5.03 Å². The molecule has 6 nitrogen and oxygen atoms in total. The molecule has 3 N–H and O–H groups in total. The predicted octanol–water partition coefficient (Wildman–Crippen LogP) is 1.32. The third kappa shape index (κ3) is 3.55. The average Bonchev–Trinajstić information content (AvgIpc) is 2.91. The Kier molecular flexibility index (Phi) is 4.18. The quantitative estimate of drug-likeness (QED) is 0.745. The van der Waals surface area contributed by atoms with Crippen molar-refractivity contribution in [2.24, 2.45) is 0 Å². The fourth-order valence-corrected chi connectivity index (χ4v) is 2.58. The van der Waals surface area contributed by atoms with E-state index in [2.05, 4.69) is 20.2 Å². The summed E-state index contributed by atoms with van der Waals surface area (Å²) >= 11 is 0. The van der Waals surface area contributed by atoms with E-state index in [1.807, 2.05) is 19.1 Å². The molecular formula is C12H16N4O2S. The minimum Gasteiger partial charge on any atom is -0.313 e. The number of aromatic nitrogens is 2. The first kappa shape index (κ1) is 13.6. The molecule has 1 heterocycles. The zero-order valence-electron chi connectivity index (χ0n) is 10.6. The molecule has 2 aromatic rings. The van der Waals surface area contributed by atoms with Crippen molar-refractivity contribution in [3.63, 3.8) is 0 Å². The Labute approximate surface area is 112 Å². The largest absolute Gasteiger partial charge is 0.313 e. The highest BCUT2D eigenvalue weighted by Crippen LogP contribution is 2.15. The zero-order chi connectivity index (χ0) is 13.7. The van der Waals surface area contributed by atoms with Crippen molar-refractivity contribution in [3.8, 4) is 0 Å². The Morgan fingerprint density at radius 2 is 2.16 bits per heavy atom. The predicted molar refractivity (Wildman–Crippen MR) is 73.2 cm³/mol. The molecule has 0 atom stereocenters. The number of anilines is 1. The van der Waals surface area contributed by atoms with Gasteiger partial charge in [0.05, 0.1) is 6.20 Å². The molecule has 1 aromatic heterocycles. The first-order valence-corrected chi connectivity index (χ1v) is 7.42. The third-order valence-corrected chi connectivity index (χ3v) is 3.83. The maximum Gasteiger partial charge on any atom is 0.278 e. The molecule has 7 heteroatoms. The normalized spacial score (nSPS) is 11.4. The molecule has 0 saturated heterocycles. The maximum atomic E-state index is 12.0. The summed E-state index contributed by atoms with van der Waals surface area (Å²) in [5, 5.41) is 9.30. The molecular weight excluding hydrogens is 264 g/mol. The highest BCUT2D eigenvalue weighted by atomic mass is 32.2. The molecule has 0 fully saturated rings. The Hall–Kier alpha value is -1.86. The van der Waals surface area contributed by atoms with E-state index in [1.165, 1.54) is 12.3 Å². The minimum atomic E-state index is -3.60. The van der Waals surface area contributed by atoms with Gasteiger partial charge in [-0.05, 0) is 30.3 Å². The summed E-state index contributed by atoms with van der Waals surface area (Å²) in [7, 11) is -3.60. The van der Waals surface area contributed by atoms with Crippen LogP contribution >= 0.6 is 0 Å². The highest BCUT2D eigenvalue weighted by Gasteiger charge is 2.15. The van der Waals surface area contributed by atoms with Crippen molar-refractivity contribution in [1.82, 2.24) is 15.5 Å². The smallest absolute Gasteiger partial charge is 0.278 e. The van der Waals surface area contributed by atoms with Crippen LogP contribution in [-0.2, 0) is 16.6 Å². The number of H-pyrrole nitrogens is 1. The average molecular weight is 280 g/mol. The lowest BCUT2D eigenvalue weighted by Crippen LogP contribution is -2.15. The second-order valence-corrected chi connectivity index (χ2v) is 5.66. The molecule has 0 aliphatic carbocycles. The lowest BCUT2D eigenvalue weighted by atomic mass is 10.2. The monoisotopic (exact) mass is 280 g/mol. The highest BCUT2D eigenvalue weighted by molar-refractivity contribution is 7.92. The van der Waals surface area contributed by atoms with Crippen molar-refractivity contribution < 1.29 is 8.42 Å². The van der Waals surface area contributed by atoms with Gasteiger partial charge in [0.2, 0.25) is 0 Å². The summed E-state index contributed by atoms with van der Waals surface area (Å²) in [5.41, 5.74) is 1.55. The lowest BCUT2D eigenvalue weighted by molar-refractivity contribution is 0.597. The van der Waals surface area contributed by atoms with E-state index in [1.54, 1.807) is 12.1 Å². The molecule has 0 unspecified atom stereocenters. The first-order chi connectivity index (χ1) is 9.12. The first-order valence-electron chi connectivity index (χ1n) is 5.93. The molecule has 0 spiro atoms. The standard InChI is InChI=1S/C12H16N4O2S/c1-2-13-9-10-4-3-5-11(8-10)16-19(17,18)12-6-7-14-15-12/h3-8,13,16H,2,9H2,1H3,(H,14,15). The summed E-state index contributed by atoms with van der Waals surface area (Å²) in [4.78, 5) is 0. The van der Waals surface area contributed by atoms with Crippen molar-refractivity contribution in [2.45, 2.75) is 18.5 Å². The van der Waals surface area contributed by atoms with Crippen LogP contribution in [-0.4, -0.2) is 25.2 Å². The summed E-state index contributed by atoms with van der Waals surface area (Å²) in [6, 6.07) is 8.68. The molecule has 102 valence electrons. The van der Waals surface area contributed by atoms with Gasteiger partial charge in [0.25, 0.3) is 10.0 Å².